The largest absolute Gasteiger partial charge is 0.484 e. The quantitative estimate of drug-likeness (QED) is 0.711. The molecule has 0 radical (unpaired) electrons. The van der Waals surface area contributed by atoms with Crippen molar-refractivity contribution in [2.75, 3.05) is 25.2 Å². The summed E-state index contributed by atoms with van der Waals surface area (Å²) in [6.07, 6.45) is 1.14. The van der Waals surface area contributed by atoms with Gasteiger partial charge in [0.1, 0.15) is 11.6 Å². The second-order valence-electron chi connectivity index (χ2n) is 5.62. The van der Waals surface area contributed by atoms with Crippen LogP contribution in [-0.4, -0.2) is 38.5 Å². The van der Waals surface area contributed by atoms with Gasteiger partial charge in [0.25, 0.3) is 5.91 Å². The topological polar surface area (TPSA) is 75.7 Å². The number of rotatable bonds is 7. The van der Waals surface area contributed by atoms with Crippen LogP contribution in [0.15, 0.2) is 46.9 Å². The Bertz CT molecular complexity index is 888. The molecule has 0 aromatic heterocycles. The predicted molar refractivity (Wildman–Crippen MR) is 101 cm³/mol. The molecule has 0 saturated carbocycles. The Morgan fingerprint density at radius 2 is 1.88 bits per heavy atom. The molecule has 2 rings (SSSR count). The second kappa shape index (κ2) is 8.61. The Morgan fingerprint density at radius 3 is 2.46 bits per heavy atom. The molecule has 0 saturated heterocycles. The number of carbonyl (C=O) groups excluding carboxylic acids is 1. The number of benzene rings is 2. The number of anilines is 1. The van der Waals surface area contributed by atoms with Gasteiger partial charge in [0.2, 0.25) is 10.0 Å². The molecular weight excluding hydrogens is 427 g/mol. The van der Waals surface area contributed by atoms with Crippen LogP contribution in [0.4, 0.5) is 10.1 Å². The van der Waals surface area contributed by atoms with Crippen molar-refractivity contribution in [3.63, 3.8) is 0 Å². The van der Waals surface area contributed by atoms with E-state index >= 15 is 0 Å². The minimum atomic E-state index is -3.25. The molecule has 0 atom stereocenters. The van der Waals surface area contributed by atoms with Crippen LogP contribution in [0, 0.1) is 5.82 Å². The smallest absolute Gasteiger partial charge is 0.262 e. The fraction of sp³-hybridized carbons (Fsp3) is 0.235. The molecule has 0 fully saturated rings. The first-order valence-electron chi connectivity index (χ1n) is 7.53. The van der Waals surface area contributed by atoms with Gasteiger partial charge in [0.05, 0.1) is 11.9 Å². The number of halogens is 2. The van der Waals surface area contributed by atoms with Gasteiger partial charge in [-0.1, -0.05) is 28.1 Å². The summed E-state index contributed by atoms with van der Waals surface area (Å²) in [6.45, 7) is -0.0411. The minimum Gasteiger partial charge on any atom is -0.484 e. The molecule has 1 N–H and O–H groups in total. The number of amides is 1. The first kappa shape index (κ1) is 20.3. The molecule has 0 spiro atoms. The number of nitrogens with one attached hydrogen (secondary N) is 1. The van der Waals surface area contributed by atoms with Crippen molar-refractivity contribution in [3.8, 4) is 5.75 Å². The number of sulfonamides is 1. The summed E-state index contributed by atoms with van der Waals surface area (Å²) in [5.41, 5.74) is 0.854. The van der Waals surface area contributed by atoms with Crippen LogP contribution in [0.25, 0.3) is 0 Å². The van der Waals surface area contributed by atoms with E-state index in [-0.39, 0.29) is 18.8 Å². The van der Waals surface area contributed by atoms with E-state index in [1.54, 1.807) is 30.3 Å². The highest BCUT2D eigenvalue weighted by molar-refractivity contribution is 9.10. The summed E-state index contributed by atoms with van der Waals surface area (Å²) in [7, 11) is -1.76. The highest BCUT2D eigenvalue weighted by Gasteiger charge is 2.11. The van der Waals surface area contributed by atoms with E-state index in [4.69, 9.17) is 4.74 Å². The molecule has 0 bridgehead atoms. The molecule has 2 aromatic rings. The summed E-state index contributed by atoms with van der Waals surface area (Å²) in [4.78, 5) is 11.9. The van der Waals surface area contributed by atoms with Crippen LogP contribution >= 0.6 is 15.9 Å². The molecule has 0 aliphatic heterocycles. The van der Waals surface area contributed by atoms with Crippen molar-refractivity contribution in [1.29, 1.82) is 0 Å². The zero-order valence-electron chi connectivity index (χ0n) is 14.2. The van der Waals surface area contributed by atoms with Crippen molar-refractivity contribution in [1.82, 2.24) is 4.31 Å². The summed E-state index contributed by atoms with van der Waals surface area (Å²) >= 11 is 3.14. The molecule has 0 unspecified atom stereocenters. The zero-order valence-corrected chi connectivity index (χ0v) is 16.6. The van der Waals surface area contributed by atoms with Crippen molar-refractivity contribution < 1.29 is 22.3 Å². The van der Waals surface area contributed by atoms with Crippen LogP contribution in [0.5, 0.6) is 5.75 Å². The van der Waals surface area contributed by atoms with Crippen LogP contribution in [-0.2, 0) is 21.4 Å². The van der Waals surface area contributed by atoms with E-state index in [1.165, 1.54) is 23.5 Å². The van der Waals surface area contributed by atoms with Gasteiger partial charge in [0.15, 0.2) is 6.61 Å². The first-order valence-corrected chi connectivity index (χ1v) is 10.2. The molecule has 140 valence electrons. The molecule has 6 nitrogen and oxygen atoms in total. The lowest BCUT2D eigenvalue weighted by Gasteiger charge is -2.14. The van der Waals surface area contributed by atoms with E-state index in [1.807, 2.05) is 0 Å². The van der Waals surface area contributed by atoms with E-state index in [9.17, 15) is 17.6 Å². The number of ether oxygens (including phenoxy) is 1. The van der Waals surface area contributed by atoms with Gasteiger partial charge in [-0.05, 0) is 35.9 Å². The predicted octanol–water partition coefficient (Wildman–Crippen LogP) is 3.00. The highest BCUT2D eigenvalue weighted by Crippen LogP contribution is 2.19. The Labute approximate surface area is 160 Å². The molecule has 1 amide bonds. The summed E-state index contributed by atoms with van der Waals surface area (Å²) in [5.74, 6) is -0.596. The maximum atomic E-state index is 13.7. The van der Waals surface area contributed by atoms with Crippen LogP contribution in [0.1, 0.15) is 5.56 Å². The fourth-order valence-electron chi connectivity index (χ4n) is 1.99. The Hall–Kier alpha value is -1.97. The van der Waals surface area contributed by atoms with Crippen molar-refractivity contribution in [2.45, 2.75) is 6.54 Å². The SMILES string of the molecule is CN(Cc1ccc(OCC(=O)Nc2ccc(Br)cc2F)cc1)S(C)(=O)=O. The van der Waals surface area contributed by atoms with E-state index in [0.29, 0.717) is 10.2 Å². The average Bonchev–Trinajstić information content (AvgIpc) is 2.56. The molecule has 0 aliphatic carbocycles. The number of hydrogen-bond acceptors (Lipinski definition) is 4. The van der Waals surface area contributed by atoms with Gasteiger partial charge in [-0.2, -0.15) is 0 Å². The molecule has 9 heteroatoms. The average molecular weight is 445 g/mol. The van der Waals surface area contributed by atoms with Gasteiger partial charge < -0.3 is 10.1 Å². The number of nitrogens with zero attached hydrogens (tertiary/aromatic N) is 1. The highest BCUT2D eigenvalue weighted by atomic mass is 79.9. The van der Waals surface area contributed by atoms with Crippen molar-refractivity contribution in [2.24, 2.45) is 0 Å². The Morgan fingerprint density at radius 1 is 1.23 bits per heavy atom. The summed E-state index contributed by atoms with van der Waals surface area (Å²) in [6, 6.07) is 11.0. The minimum absolute atomic E-state index is 0.0703. The summed E-state index contributed by atoms with van der Waals surface area (Å²) in [5, 5.41) is 2.43. The van der Waals surface area contributed by atoms with Crippen LogP contribution < -0.4 is 10.1 Å². The molecule has 0 heterocycles. The van der Waals surface area contributed by atoms with Crippen LogP contribution in [0.2, 0.25) is 0 Å². The maximum absolute atomic E-state index is 13.7. The van der Waals surface area contributed by atoms with Gasteiger partial charge >= 0.3 is 0 Å². The van der Waals surface area contributed by atoms with Gasteiger partial charge in [-0.3, -0.25) is 4.79 Å². The lowest BCUT2D eigenvalue weighted by Crippen LogP contribution is -2.24. The molecule has 26 heavy (non-hydrogen) atoms. The number of carbonyl (C=O) groups is 1. The van der Waals surface area contributed by atoms with Crippen molar-refractivity contribution in [3.05, 3.63) is 58.3 Å². The summed E-state index contributed by atoms with van der Waals surface area (Å²) < 4.78 is 43.6. The maximum Gasteiger partial charge on any atom is 0.262 e. The standard InChI is InChI=1S/C17H18BrFN2O4S/c1-21(26(2,23)24)10-12-3-6-14(7-4-12)25-11-17(22)20-16-8-5-13(18)9-15(16)19/h3-9H,10-11H2,1-2H3,(H,20,22). The number of hydrogen-bond donors (Lipinski definition) is 1. The van der Waals surface area contributed by atoms with Gasteiger partial charge in [-0.25, -0.2) is 17.1 Å². The lowest BCUT2D eigenvalue weighted by molar-refractivity contribution is -0.118. The lowest BCUT2D eigenvalue weighted by atomic mass is 10.2. The molecule has 0 aliphatic rings. The third kappa shape index (κ3) is 6.08. The third-order valence-electron chi connectivity index (χ3n) is 3.47. The monoisotopic (exact) mass is 444 g/mol. The van der Waals surface area contributed by atoms with E-state index in [0.717, 1.165) is 11.8 Å². The second-order valence-corrected chi connectivity index (χ2v) is 8.63. The van der Waals surface area contributed by atoms with Crippen LogP contribution in [0.3, 0.4) is 0 Å². The normalized spacial score (nSPS) is 11.4. The first-order chi connectivity index (χ1) is 12.1. The molecule has 2 aromatic carbocycles. The van der Waals surface area contributed by atoms with Gasteiger partial charge in [-0.15, -0.1) is 0 Å². The van der Waals surface area contributed by atoms with E-state index in [2.05, 4.69) is 21.2 Å². The van der Waals surface area contributed by atoms with E-state index < -0.39 is 21.7 Å². The molecular formula is C17H18BrFN2O4S. The fourth-order valence-corrected chi connectivity index (χ4v) is 2.71. The zero-order chi connectivity index (χ0) is 19.3. The Balaban J connectivity index is 1.88. The third-order valence-corrected chi connectivity index (χ3v) is 5.22. The Kier molecular flexibility index (Phi) is 6.74. The van der Waals surface area contributed by atoms with Gasteiger partial charge in [0, 0.05) is 18.1 Å². The van der Waals surface area contributed by atoms with Crippen molar-refractivity contribution >= 4 is 37.5 Å².